The molecule has 5 unspecified atom stereocenters. The minimum Gasteiger partial charge on any atom is -0.463 e. The molecule has 0 heterocycles. The number of aliphatic hydroxyl groups excluding tert-OH is 2. The third-order valence-corrected chi connectivity index (χ3v) is 16.2. The Morgan fingerprint density at radius 1 is 0.341 bits per heavy atom. The Kier molecular flexibility index (Phi) is 59.5. The van der Waals surface area contributed by atoms with Crippen LogP contribution in [0.3, 0.4) is 0 Å². The standard InChI is InChI=1S/C67H122O16P2/c1-4-7-10-13-16-19-22-24-26-27-28-29-30-31-32-33-35-37-39-41-44-47-50-53-65(70)77-56-62(68)57-79-84(73,74)80-58-63(69)59-81-85(75,76)82-61-64(83-67(72)55-52-49-46-43-38-21-18-15-12-9-6-3)60-78-66(71)54-51-48-45-42-40-36-34-25-23-20-17-14-11-8-5-2/h7,10,16,19,24,26,28-29,31-32,62-64,68-69H,4-6,8-9,11-15,17-18,20-23,25,27,30,33-61H2,1-3H3,(H,73,74)(H,75,76)/b10-7-,19-16-,26-24-,29-28-,32-31-. The summed E-state index contributed by atoms with van der Waals surface area (Å²) in [6.07, 6.45) is 61.4. The van der Waals surface area contributed by atoms with E-state index in [2.05, 4.69) is 81.5 Å². The topological polar surface area (TPSA) is 231 Å². The van der Waals surface area contributed by atoms with Crippen LogP contribution in [0, 0.1) is 0 Å². The highest BCUT2D eigenvalue weighted by Gasteiger charge is 2.29. The SMILES string of the molecule is CC/C=C\C/C=C\C/C=C\C/C=C\C/C=C\CCCCCCCCCC(=O)OCC(O)COP(=O)(O)OCC(O)COP(=O)(O)OCC(COC(=O)CCCCCCCCCCCCCCCCC)OC(=O)CCCCCCCCCCCCC. The molecule has 0 saturated carbocycles. The molecule has 4 N–H and O–H groups in total. The molecule has 18 heteroatoms. The highest BCUT2D eigenvalue weighted by atomic mass is 31.2. The van der Waals surface area contributed by atoms with Gasteiger partial charge in [-0.1, -0.05) is 268 Å². The van der Waals surface area contributed by atoms with E-state index in [1.54, 1.807) is 0 Å². The summed E-state index contributed by atoms with van der Waals surface area (Å²) in [4.78, 5) is 58.2. The van der Waals surface area contributed by atoms with Crippen molar-refractivity contribution in [1.82, 2.24) is 0 Å². The Morgan fingerprint density at radius 2 is 0.624 bits per heavy atom. The van der Waals surface area contributed by atoms with E-state index in [0.29, 0.717) is 19.3 Å². The van der Waals surface area contributed by atoms with E-state index >= 15 is 0 Å². The van der Waals surface area contributed by atoms with Gasteiger partial charge in [0.1, 0.15) is 25.4 Å². The predicted octanol–water partition coefficient (Wildman–Crippen LogP) is 18.2. The van der Waals surface area contributed by atoms with Crippen molar-refractivity contribution in [2.75, 3.05) is 39.6 Å². The Hall–Kier alpha value is -2.75. The van der Waals surface area contributed by atoms with Gasteiger partial charge in [-0.15, -0.1) is 0 Å². The van der Waals surface area contributed by atoms with Gasteiger partial charge in [0.25, 0.3) is 0 Å². The number of ether oxygens (including phenoxy) is 3. The van der Waals surface area contributed by atoms with Crippen molar-refractivity contribution in [1.29, 1.82) is 0 Å². The molecule has 0 radical (unpaired) electrons. The minimum atomic E-state index is -4.91. The van der Waals surface area contributed by atoms with Gasteiger partial charge in [0.05, 0.1) is 26.4 Å². The zero-order valence-corrected chi connectivity index (χ0v) is 55.3. The number of carbonyl (C=O) groups excluding carboxylic acids is 3. The number of hydrogen-bond acceptors (Lipinski definition) is 14. The largest absolute Gasteiger partial charge is 0.472 e. The van der Waals surface area contributed by atoms with Gasteiger partial charge in [-0.25, -0.2) is 9.13 Å². The molecule has 0 rings (SSSR count). The highest BCUT2D eigenvalue weighted by Crippen LogP contribution is 2.45. The summed E-state index contributed by atoms with van der Waals surface area (Å²) in [6, 6.07) is 0. The second-order valence-electron chi connectivity index (χ2n) is 22.6. The summed E-state index contributed by atoms with van der Waals surface area (Å²) in [5.74, 6) is -1.57. The third-order valence-electron chi connectivity index (χ3n) is 14.3. The zero-order valence-electron chi connectivity index (χ0n) is 53.5. The lowest BCUT2D eigenvalue weighted by Gasteiger charge is -2.21. The van der Waals surface area contributed by atoms with Crippen LogP contribution in [0.5, 0.6) is 0 Å². The predicted molar refractivity (Wildman–Crippen MR) is 344 cm³/mol. The number of esters is 3. The van der Waals surface area contributed by atoms with Gasteiger partial charge in [0.15, 0.2) is 6.10 Å². The van der Waals surface area contributed by atoms with Crippen LogP contribution < -0.4 is 0 Å². The molecule has 496 valence electrons. The van der Waals surface area contributed by atoms with Gasteiger partial charge in [0.2, 0.25) is 0 Å². The molecule has 0 aromatic carbocycles. The van der Waals surface area contributed by atoms with E-state index in [1.807, 2.05) is 0 Å². The van der Waals surface area contributed by atoms with Gasteiger partial charge in [-0.05, 0) is 64.2 Å². The molecule has 0 aliphatic carbocycles. The van der Waals surface area contributed by atoms with Crippen LogP contribution in [-0.2, 0) is 55.8 Å². The first-order chi connectivity index (χ1) is 41.2. The molecule has 0 bridgehead atoms. The van der Waals surface area contributed by atoms with Crippen molar-refractivity contribution in [3.8, 4) is 0 Å². The Balaban J connectivity index is 4.51. The number of phosphoric ester groups is 2. The lowest BCUT2D eigenvalue weighted by molar-refractivity contribution is -0.161. The van der Waals surface area contributed by atoms with Crippen LogP contribution >= 0.6 is 15.6 Å². The van der Waals surface area contributed by atoms with Crippen LogP contribution in [0.4, 0.5) is 0 Å². The lowest BCUT2D eigenvalue weighted by atomic mass is 10.0. The molecule has 0 fully saturated rings. The number of hydrogen-bond donors (Lipinski definition) is 4. The first-order valence-corrected chi connectivity index (χ1v) is 36.6. The summed E-state index contributed by atoms with van der Waals surface area (Å²) in [6.45, 7) is 2.56. The fourth-order valence-electron chi connectivity index (χ4n) is 9.13. The van der Waals surface area contributed by atoms with Gasteiger partial charge in [-0.2, -0.15) is 0 Å². The maximum Gasteiger partial charge on any atom is 0.472 e. The van der Waals surface area contributed by atoms with Crippen LogP contribution in [0.2, 0.25) is 0 Å². The summed E-state index contributed by atoms with van der Waals surface area (Å²) >= 11 is 0. The van der Waals surface area contributed by atoms with Crippen molar-refractivity contribution >= 4 is 33.6 Å². The fraction of sp³-hybridized carbons (Fsp3) is 0.806. The summed E-state index contributed by atoms with van der Waals surface area (Å²) in [5, 5.41) is 20.5. The number of unbranched alkanes of at least 4 members (excludes halogenated alkanes) is 31. The summed E-state index contributed by atoms with van der Waals surface area (Å²) < 4.78 is 60.8. The van der Waals surface area contributed by atoms with E-state index < -0.39 is 91.5 Å². The molecule has 85 heavy (non-hydrogen) atoms. The highest BCUT2D eigenvalue weighted by molar-refractivity contribution is 7.47. The molecule has 0 saturated heterocycles. The van der Waals surface area contributed by atoms with Crippen molar-refractivity contribution < 1.29 is 75.8 Å². The van der Waals surface area contributed by atoms with Gasteiger partial charge in [0, 0.05) is 19.3 Å². The monoisotopic (exact) mass is 1240 g/mol. The smallest absolute Gasteiger partial charge is 0.463 e. The molecular formula is C67H122O16P2. The molecule has 0 spiro atoms. The van der Waals surface area contributed by atoms with Crippen LogP contribution in [-0.4, -0.2) is 95.9 Å². The maximum atomic E-state index is 12.8. The molecule has 0 aliphatic rings. The van der Waals surface area contributed by atoms with E-state index in [1.165, 1.54) is 109 Å². The second-order valence-corrected chi connectivity index (χ2v) is 25.5. The molecule has 16 nitrogen and oxygen atoms in total. The minimum absolute atomic E-state index is 0.112. The average molecular weight is 1250 g/mol. The van der Waals surface area contributed by atoms with E-state index in [4.69, 9.17) is 32.3 Å². The van der Waals surface area contributed by atoms with Gasteiger partial charge >= 0.3 is 33.6 Å². The lowest BCUT2D eigenvalue weighted by Crippen LogP contribution is -2.30. The maximum absolute atomic E-state index is 12.8. The first kappa shape index (κ1) is 82.2. The Bertz CT molecular complexity index is 1800. The fourth-order valence-corrected chi connectivity index (χ4v) is 10.7. The zero-order chi connectivity index (χ0) is 62.4. The molecule has 0 aromatic rings. The number of aliphatic hydroxyl groups is 2. The normalized spacial score (nSPS) is 14.7. The molecule has 0 aliphatic heterocycles. The molecule has 5 atom stereocenters. The first-order valence-electron chi connectivity index (χ1n) is 33.6. The van der Waals surface area contributed by atoms with Gasteiger partial charge in [-0.3, -0.25) is 32.5 Å². The van der Waals surface area contributed by atoms with Crippen molar-refractivity contribution in [3.63, 3.8) is 0 Å². The van der Waals surface area contributed by atoms with Crippen molar-refractivity contribution in [2.24, 2.45) is 0 Å². The number of phosphoric acid groups is 2. The Labute approximate surface area is 516 Å². The second kappa shape index (κ2) is 61.5. The quantitative estimate of drug-likeness (QED) is 0.0146. The summed E-state index contributed by atoms with van der Waals surface area (Å²) in [5.41, 5.74) is 0. The average Bonchev–Trinajstić information content (AvgIpc) is 3.60. The summed E-state index contributed by atoms with van der Waals surface area (Å²) in [7, 11) is -9.75. The number of rotatable bonds is 64. The van der Waals surface area contributed by atoms with Gasteiger partial charge < -0.3 is 34.2 Å². The van der Waals surface area contributed by atoms with Crippen LogP contribution in [0.15, 0.2) is 60.8 Å². The number of allylic oxidation sites excluding steroid dienone is 10. The van der Waals surface area contributed by atoms with E-state index in [-0.39, 0.29) is 19.3 Å². The molecular weight excluding hydrogens is 1120 g/mol. The van der Waals surface area contributed by atoms with Crippen molar-refractivity contribution in [3.05, 3.63) is 60.8 Å². The van der Waals surface area contributed by atoms with E-state index in [9.17, 15) is 43.5 Å². The van der Waals surface area contributed by atoms with Crippen molar-refractivity contribution in [2.45, 2.75) is 309 Å². The van der Waals surface area contributed by atoms with Crippen LogP contribution in [0.25, 0.3) is 0 Å². The molecule has 0 aromatic heterocycles. The third kappa shape index (κ3) is 62.7. The Morgan fingerprint density at radius 3 is 0.988 bits per heavy atom. The van der Waals surface area contributed by atoms with Crippen LogP contribution in [0.1, 0.15) is 290 Å². The molecule has 0 amide bonds. The number of carbonyl (C=O) groups is 3. The van der Waals surface area contributed by atoms with E-state index in [0.717, 1.165) is 122 Å².